The molecule has 0 radical (unpaired) electrons. The molecular formula is C13H18Cl2N2. The van der Waals surface area contributed by atoms with E-state index in [4.69, 9.17) is 28.9 Å². The first-order valence-electron chi connectivity index (χ1n) is 5.97. The van der Waals surface area contributed by atoms with E-state index in [1.54, 1.807) is 0 Å². The number of hydrogen-bond donors (Lipinski definition) is 1. The van der Waals surface area contributed by atoms with Gasteiger partial charge in [0, 0.05) is 6.42 Å². The third-order valence-corrected chi connectivity index (χ3v) is 4.11. The largest absolute Gasteiger partial charge is 0.313 e. The smallest absolute Gasteiger partial charge is 0.0699 e. The second-order valence-electron chi connectivity index (χ2n) is 4.98. The van der Waals surface area contributed by atoms with Gasteiger partial charge in [-0.15, -0.1) is 0 Å². The molecule has 0 spiro atoms. The van der Waals surface area contributed by atoms with Gasteiger partial charge in [-0.2, -0.15) is 0 Å². The maximum atomic E-state index is 6.39. The molecule has 0 aromatic heterocycles. The molecule has 0 saturated carbocycles. The molecule has 2 N–H and O–H groups in total. The molecule has 1 aliphatic heterocycles. The predicted octanol–water partition coefficient (Wildman–Crippen LogP) is 3.31. The van der Waals surface area contributed by atoms with Crippen LogP contribution in [0.3, 0.4) is 0 Å². The number of rotatable bonds is 3. The Hall–Kier alpha value is -0.280. The van der Waals surface area contributed by atoms with Crippen LogP contribution in [-0.2, 0) is 6.42 Å². The van der Waals surface area contributed by atoms with Crippen LogP contribution in [0.1, 0.15) is 25.3 Å². The monoisotopic (exact) mass is 272 g/mol. The Morgan fingerprint density at radius 1 is 1.24 bits per heavy atom. The maximum Gasteiger partial charge on any atom is 0.0699 e. The van der Waals surface area contributed by atoms with E-state index in [9.17, 15) is 0 Å². The summed E-state index contributed by atoms with van der Waals surface area (Å²) < 4.78 is 0. The van der Waals surface area contributed by atoms with Gasteiger partial charge in [-0.05, 0) is 50.6 Å². The quantitative estimate of drug-likeness (QED) is 0.915. The maximum absolute atomic E-state index is 6.39. The van der Waals surface area contributed by atoms with E-state index in [0.717, 1.165) is 25.1 Å². The van der Waals surface area contributed by atoms with Crippen molar-refractivity contribution in [3.05, 3.63) is 33.8 Å². The summed E-state index contributed by atoms with van der Waals surface area (Å²) in [6.07, 6.45) is 3.28. The Bertz CT molecular complexity index is 398. The van der Waals surface area contributed by atoms with Crippen molar-refractivity contribution in [1.82, 2.24) is 4.90 Å². The minimum atomic E-state index is -0.298. The van der Waals surface area contributed by atoms with Gasteiger partial charge in [0.1, 0.15) is 0 Å². The molecule has 94 valence electrons. The van der Waals surface area contributed by atoms with Gasteiger partial charge < -0.3 is 5.73 Å². The van der Waals surface area contributed by atoms with E-state index >= 15 is 0 Å². The molecule has 1 saturated heterocycles. The Labute approximate surface area is 113 Å². The van der Waals surface area contributed by atoms with Crippen LogP contribution in [0.15, 0.2) is 18.2 Å². The molecule has 1 aromatic rings. The number of likely N-dealkylation sites (tertiary alicyclic amines) is 1. The molecule has 1 aliphatic rings. The summed E-state index contributed by atoms with van der Waals surface area (Å²) in [5.41, 5.74) is 7.23. The van der Waals surface area contributed by atoms with Crippen molar-refractivity contribution in [1.29, 1.82) is 0 Å². The fourth-order valence-electron chi connectivity index (χ4n) is 2.40. The number of nitrogens with two attached hydrogens (primary N) is 1. The first-order chi connectivity index (χ1) is 7.99. The van der Waals surface area contributed by atoms with Crippen LogP contribution < -0.4 is 5.73 Å². The number of nitrogens with zero attached hydrogens (tertiary/aromatic N) is 1. The third-order valence-electron chi connectivity index (χ3n) is 3.37. The molecule has 1 atom stereocenters. The summed E-state index contributed by atoms with van der Waals surface area (Å²) in [6.45, 7) is 4.27. The van der Waals surface area contributed by atoms with Crippen molar-refractivity contribution in [3.63, 3.8) is 0 Å². The highest BCUT2D eigenvalue weighted by Crippen LogP contribution is 2.26. The molecule has 1 heterocycles. The number of hydrogen-bond acceptors (Lipinski definition) is 2. The van der Waals surface area contributed by atoms with E-state index in [0.29, 0.717) is 10.0 Å². The highest BCUT2D eigenvalue weighted by Gasteiger charge is 2.29. The minimum Gasteiger partial charge on any atom is -0.313 e. The van der Waals surface area contributed by atoms with Gasteiger partial charge in [0.05, 0.1) is 15.7 Å². The van der Waals surface area contributed by atoms with Gasteiger partial charge in [-0.1, -0.05) is 29.3 Å². The van der Waals surface area contributed by atoms with E-state index in [2.05, 4.69) is 11.8 Å². The second-order valence-corrected chi connectivity index (χ2v) is 5.79. The highest BCUT2D eigenvalue weighted by molar-refractivity contribution is 6.42. The lowest BCUT2D eigenvalue weighted by Crippen LogP contribution is -2.53. The molecule has 1 unspecified atom stereocenters. The second kappa shape index (κ2) is 5.15. The zero-order valence-electron chi connectivity index (χ0n) is 10.0. The topological polar surface area (TPSA) is 29.3 Å². The lowest BCUT2D eigenvalue weighted by Gasteiger charge is -2.35. The SMILES string of the molecule is CC(N)(Cc1ccc(Cl)c(Cl)c1)N1CCCC1. The molecule has 2 nitrogen and oxygen atoms in total. The number of halogens is 2. The lowest BCUT2D eigenvalue weighted by molar-refractivity contribution is 0.142. The van der Waals surface area contributed by atoms with Crippen molar-refractivity contribution >= 4 is 23.2 Å². The summed E-state index contributed by atoms with van der Waals surface area (Å²) in [7, 11) is 0. The molecule has 17 heavy (non-hydrogen) atoms. The summed E-state index contributed by atoms with van der Waals surface area (Å²) in [4.78, 5) is 2.34. The van der Waals surface area contributed by atoms with Crippen molar-refractivity contribution in [2.24, 2.45) is 5.73 Å². The van der Waals surface area contributed by atoms with Crippen LogP contribution in [0.2, 0.25) is 10.0 Å². The molecule has 1 fully saturated rings. The van der Waals surface area contributed by atoms with Crippen molar-refractivity contribution < 1.29 is 0 Å². The van der Waals surface area contributed by atoms with Gasteiger partial charge in [0.15, 0.2) is 0 Å². The standard InChI is InChI=1S/C13H18Cl2N2/c1-13(16,17-6-2-3-7-17)9-10-4-5-11(14)12(15)8-10/h4-5,8H,2-3,6-7,9,16H2,1H3. The van der Waals surface area contributed by atoms with E-state index in [1.165, 1.54) is 12.8 Å². The van der Waals surface area contributed by atoms with Gasteiger partial charge in [-0.25, -0.2) is 0 Å². The van der Waals surface area contributed by atoms with Crippen LogP contribution in [0.5, 0.6) is 0 Å². The Morgan fingerprint density at radius 3 is 2.47 bits per heavy atom. The Morgan fingerprint density at radius 2 is 1.88 bits per heavy atom. The summed E-state index contributed by atoms with van der Waals surface area (Å²) in [5.74, 6) is 0. The van der Waals surface area contributed by atoms with E-state index < -0.39 is 0 Å². The van der Waals surface area contributed by atoms with Crippen LogP contribution in [0.25, 0.3) is 0 Å². The van der Waals surface area contributed by atoms with Crippen LogP contribution >= 0.6 is 23.2 Å². The zero-order chi connectivity index (χ0) is 12.5. The fraction of sp³-hybridized carbons (Fsp3) is 0.538. The molecule has 2 rings (SSSR count). The van der Waals surface area contributed by atoms with Crippen LogP contribution in [-0.4, -0.2) is 23.7 Å². The molecule has 1 aromatic carbocycles. The van der Waals surface area contributed by atoms with Crippen molar-refractivity contribution in [3.8, 4) is 0 Å². The predicted molar refractivity (Wildman–Crippen MR) is 73.6 cm³/mol. The molecule has 0 amide bonds. The third kappa shape index (κ3) is 3.14. The van der Waals surface area contributed by atoms with Crippen molar-refractivity contribution in [2.75, 3.05) is 13.1 Å². The molecular weight excluding hydrogens is 255 g/mol. The van der Waals surface area contributed by atoms with Crippen molar-refractivity contribution in [2.45, 2.75) is 31.8 Å². The Balaban J connectivity index is 2.10. The van der Waals surface area contributed by atoms with Gasteiger partial charge in [0.25, 0.3) is 0 Å². The lowest BCUT2D eigenvalue weighted by atomic mass is 10.0. The van der Waals surface area contributed by atoms with E-state index in [-0.39, 0.29) is 5.66 Å². The van der Waals surface area contributed by atoms with Crippen LogP contribution in [0.4, 0.5) is 0 Å². The highest BCUT2D eigenvalue weighted by atomic mass is 35.5. The van der Waals surface area contributed by atoms with E-state index in [1.807, 2.05) is 18.2 Å². The average molecular weight is 273 g/mol. The number of benzene rings is 1. The average Bonchev–Trinajstić information content (AvgIpc) is 2.77. The summed E-state index contributed by atoms with van der Waals surface area (Å²) >= 11 is 11.9. The summed E-state index contributed by atoms with van der Waals surface area (Å²) in [5, 5.41) is 1.19. The fourth-order valence-corrected chi connectivity index (χ4v) is 2.72. The van der Waals surface area contributed by atoms with Gasteiger partial charge in [0.2, 0.25) is 0 Å². The minimum absolute atomic E-state index is 0.298. The normalized spacial score (nSPS) is 20.5. The molecule has 4 heteroatoms. The summed E-state index contributed by atoms with van der Waals surface area (Å²) in [6, 6.07) is 5.74. The molecule has 0 aliphatic carbocycles. The van der Waals surface area contributed by atoms with Gasteiger partial charge >= 0.3 is 0 Å². The molecule has 0 bridgehead atoms. The zero-order valence-corrected chi connectivity index (χ0v) is 11.6. The first-order valence-corrected chi connectivity index (χ1v) is 6.72. The first kappa shape index (κ1) is 13.2. The Kier molecular flexibility index (Phi) is 3.99. The van der Waals surface area contributed by atoms with Gasteiger partial charge in [-0.3, -0.25) is 4.90 Å². The van der Waals surface area contributed by atoms with Crippen LogP contribution in [0, 0.1) is 0 Å².